The van der Waals surface area contributed by atoms with Crippen LogP contribution >= 0.6 is 0 Å². The molecule has 2 heterocycles. The number of hydrogen-bond donors (Lipinski definition) is 1. The van der Waals surface area contributed by atoms with Crippen LogP contribution in [0.4, 0.5) is 5.69 Å². The fraction of sp³-hybridized carbons (Fsp3) is 0.280. The highest BCUT2D eigenvalue weighted by atomic mass is 32.2. The molecule has 1 aliphatic rings. The van der Waals surface area contributed by atoms with E-state index in [4.69, 9.17) is 4.74 Å². The number of nitrogens with one attached hydrogen (secondary N) is 1. The molecule has 0 spiro atoms. The van der Waals surface area contributed by atoms with E-state index >= 15 is 0 Å². The molecule has 0 bridgehead atoms. The summed E-state index contributed by atoms with van der Waals surface area (Å²) in [4.78, 5) is 17.1. The predicted octanol–water partition coefficient (Wildman–Crippen LogP) is 4.48. The normalized spacial score (nSPS) is 16.8. The van der Waals surface area contributed by atoms with Crippen LogP contribution in [0.15, 0.2) is 77.8 Å². The van der Waals surface area contributed by atoms with Gasteiger partial charge in [-0.3, -0.25) is 9.78 Å². The van der Waals surface area contributed by atoms with Crippen molar-refractivity contribution in [2.75, 3.05) is 11.9 Å². The quantitative estimate of drug-likeness (QED) is 0.556. The zero-order valence-electron chi connectivity index (χ0n) is 18.5. The van der Waals surface area contributed by atoms with Crippen LogP contribution in [0.1, 0.15) is 42.2 Å². The van der Waals surface area contributed by atoms with Crippen LogP contribution < -0.4 is 10.1 Å². The molecule has 1 aliphatic heterocycles. The van der Waals surface area contributed by atoms with Crippen molar-refractivity contribution in [1.29, 1.82) is 0 Å². The van der Waals surface area contributed by atoms with E-state index in [-0.39, 0.29) is 16.8 Å². The van der Waals surface area contributed by atoms with Gasteiger partial charge in [-0.2, -0.15) is 4.31 Å². The van der Waals surface area contributed by atoms with Gasteiger partial charge in [-0.15, -0.1) is 0 Å². The van der Waals surface area contributed by atoms with Crippen LogP contribution in [-0.4, -0.2) is 36.2 Å². The minimum absolute atomic E-state index is 0.0149. The van der Waals surface area contributed by atoms with Crippen molar-refractivity contribution in [3.8, 4) is 5.75 Å². The molecule has 1 fully saturated rings. The average molecular weight is 466 g/mol. The first-order valence-electron chi connectivity index (χ1n) is 11.0. The molecule has 0 radical (unpaired) electrons. The van der Waals surface area contributed by atoms with Gasteiger partial charge in [-0.25, -0.2) is 8.42 Å². The molecule has 4 rings (SSSR count). The Morgan fingerprint density at radius 2 is 1.91 bits per heavy atom. The number of aromatic nitrogens is 1. The summed E-state index contributed by atoms with van der Waals surface area (Å²) < 4.78 is 33.3. The predicted molar refractivity (Wildman–Crippen MR) is 127 cm³/mol. The molecule has 7 nitrogen and oxygen atoms in total. The number of benzene rings is 2. The van der Waals surface area contributed by atoms with Crippen molar-refractivity contribution < 1.29 is 17.9 Å². The molecule has 0 aliphatic carbocycles. The Bertz CT molecular complexity index is 1200. The van der Waals surface area contributed by atoms with Gasteiger partial charge in [0, 0.05) is 36.1 Å². The van der Waals surface area contributed by atoms with Crippen molar-refractivity contribution in [2.24, 2.45) is 0 Å². The number of carbonyl (C=O) groups excluding carboxylic acids is 1. The van der Waals surface area contributed by atoms with Crippen LogP contribution in [0.2, 0.25) is 0 Å². The first kappa shape index (κ1) is 22.9. The van der Waals surface area contributed by atoms with Crippen molar-refractivity contribution in [2.45, 2.75) is 43.7 Å². The molecule has 8 heteroatoms. The fourth-order valence-corrected chi connectivity index (χ4v) is 5.55. The second kappa shape index (κ2) is 10.1. The number of carbonyl (C=O) groups is 1. The summed E-state index contributed by atoms with van der Waals surface area (Å²) in [5.41, 5.74) is 1.76. The molecule has 3 aromatic rings. The SMILES string of the molecule is CC1CCCCN1S(=O)(=O)c1ccc(C(=O)Nc2cccc(OCc3ccccn3)c2)cc1. The van der Waals surface area contributed by atoms with Gasteiger partial charge in [-0.1, -0.05) is 18.6 Å². The topological polar surface area (TPSA) is 88.6 Å². The Morgan fingerprint density at radius 1 is 1.09 bits per heavy atom. The molecule has 2 aromatic carbocycles. The number of anilines is 1. The van der Waals surface area contributed by atoms with E-state index < -0.39 is 10.0 Å². The monoisotopic (exact) mass is 465 g/mol. The van der Waals surface area contributed by atoms with Crippen LogP contribution in [0.25, 0.3) is 0 Å². The number of amides is 1. The molecule has 172 valence electrons. The van der Waals surface area contributed by atoms with E-state index in [1.165, 1.54) is 24.3 Å². The second-order valence-corrected chi connectivity index (χ2v) is 9.97. The van der Waals surface area contributed by atoms with Crippen molar-refractivity contribution in [1.82, 2.24) is 9.29 Å². The van der Waals surface area contributed by atoms with Crippen LogP contribution in [0.5, 0.6) is 5.75 Å². The minimum Gasteiger partial charge on any atom is -0.487 e. The molecule has 0 saturated carbocycles. The van der Waals surface area contributed by atoms with E-state index in [0.29, 0.717) is 30.2 Å². The lowest BCUT2D eigenvalue weighted by Crippen LogP contribution is -2.41. The highest BCUT2D eigenvalue weighted by molar-refractivity contribution is 7.89. The van der Waals surface area contributed by atoms with Crippen LogP contribution in [0, 0.1) is 0 Å². The highest BCUT2D eigenvalue weighted by Crippen LogP contribution is 2.25. The molecule has 1 atom stereocenters. The molecule has 1 saturated heterocycles. The zero-order chi connectivity index (χ0) is 23.3. The van der Waals surface area contributed by atoms with Crippen LogP contribution in [-0.2, 0) is 16.6 Å². The number of nitrogens with zero attached hydrogens (tertiary/aromatic N) is 2. The van der Waals surface area contributed by atoms with Crippen molar-refractivity contribution in [3.05, 3.63) is 84.2 Å². The molecular weight excluding hydrogens is 438 g/mol. The Hall–Kier alpha value is -3.23. The minimum atomic E-state index is -3.57. The summed E-state index contributed by atoms with van der Waals surface area (Å²) >= 11 is 0. The molecule has 33 heavy (non-hydrogen) atoms. The molecule has 1 aromatic heterocycles. The lowest BCUT2D eigenvalue weighted by molar-refractivity contribution is 0.102. The maximum absolute atomic E-state index is 13.0. The van der Waals surface area contributed by atoms with Gasteiger partial charge in [0.25, 0.3) is 5.91 Å². The summed E-state index contributed by atoms with van der Waals surface area (Å²) in [7, 11) is -3.57. The number of piperidine rings is 1. The third-order valence-corrected chi connectivity index (χ3v) is 7.70. The summed E-state index contributed by atoms with van der Waals surface area (Å²) in [6.45, 7) is 2.79. The molecule has 1 N–H and O–H groups in total. The Morgan fingerprint density at radius 3 is 2.64 bits per heavy atom. The van der Waals surface area contributed by atoms with Gasteiger partial charge in [0.05, 0.1) is 10.6 Å². The third-order valence-electron chi connectivity index (χ3n) is 5.67. The largest absolute Gasteiger partial charge is 0.487 e. The maximum atomic E-state index is 13.0. The first-order valence-corrected chi connectivity index (χ1v) is 12.4. The van der Waals surface area contributed by atoms with E-state index in [0.717, 1.165) is 25.0 Å². The van der Waals surface area contributed by atoms with Gasteiger partial charge < -0.3 is 10.1 Å². The summed E-state index contributed by atoms with van der Waals surface area (Å²) in [6.07, 6.45) is 4.49. The first-order chi connectivity index (χ1) is 15.9. The molecular formula is C25H27N3O4S. The van der Waals surface area contributed by atoms with Gasteiger partial charge in [0.15, 0.2) is 0 Å². The number of rotatable bonds is 7. The summed E-state index contributed by atoms with van der Waals surface area (Å²) in [5, 5.41) is 2.83. The lowest BCUT2D eigenvalue weighted by Gasteiger charge is -2.32. The second-order valence-electron chi connectivity index (χ2n) is 8.08. The Balaban J connectivity index is 1.41. The molecule has 1 amide bonds. The van der Waals surface area contributed by atoms with E-state index in [1.807, 2.05) is 25.1 Å². The Labute approximate surface area is 194 Å². The van der Waals surface area contributed by atoms with E-state index in [1.54, 1.807) is 34.8 Å². The van der Waals surface area contributed by atoms with Gasteiger partial charge in [0.2, 0.25) is 10.0 Å². The highest BCUT2D eigenvalue weighted by Gasteiger charge is 2.30. The lowest BCUT2D eigenvalue weighted by atomic mass is 10.1. The third kappa shape index (κ3) is 5.58. The van der Waals surface area contributed by atoms with Gasteiger partial charge in [0.1, 0.15) is 12.4 Å². The zero-order valence-corrected chi connectivity index (χ0v) is 19.3. The van der Waals surface area contributed by atoms with Crippen LogP contribution in [0.3, 0.4) is 0 Å². The number of sulfonamides is 1. The number of ether oxygens (including phenoxy) is 1. The van der Waals surface area contributed by atoms with Crippen molar-refractivity contribution >= 4 is 21.6 Å². The average Bonchev–Trinajstić information content (AvgIpc) is 2.84. The van der Waals surface area contributed by atoms with E-state index in [9.17, 15) is 13.2 Å². The van der Waals surface area contributed by atoms with Gasteiger partial charge in [-0.05, 0) is 68.3 Å². The maximum Gasteiger partial charge on any atom is 0.255 e. The van der Waals surface area contributed by atoms with Crippen molar-refractivity contribution in [3.63, 3.8) is 0 Å². The molecule has 1 unspecified atom stereocenters. The fourth-order valence-electron chi connectivity index (χ4n) is 3.85. The standard InChI is InChI=1S/C25H27N3O4S/c1-19-7-3-5-16-28(19)33(30,31)24-13-11-20(12-14-24)25(29)27-21-9-6-10-23(17-21)32-18-22-8-2-4-15-26-22/h2,4,6,8-15,17,19H,3,5,7,16,18H2,1H3,(H,27,29). The summed E-state index contributed by atoms with van der Waals surface area (Å²) in [5.74, 6) is 0.280. The van der Waals surface area contributed by atoms with Gasteiger partial charge >= 0.3 is 0 Å². The number of hydrogen-bond acceptors (Lipinski definition) is 5. The summed E-state index contributed by atoms with van der Waals surface area (Å²) in [6, 6.07) is 18.8. The number of pyridine rings is 1. The Kier molecular flexibility index (Phi) is 7.05. The van der Waals surface area contributed by atoms with E-state index in [2.05, 4.69) is 10.3 Å². The smallest absolute Gasteiger partial charge is 0.255 e.